The fourth-order valence-corrected chi connectivity index (χ4v) is 2.15. The SMILES string of the molecule is C[C@@H](Nc1cccc(NC(=O)CO)c1)C(=O)NCc1ccc(F)cc1. The summed E-state index contributed by atoms with van der Waals surface area (Å²) in [5, 5.41) is 17.1. The molecule has 2 aromatic rings. The van der Waals surface area contributed by atoms with Crippen molar-refractivity contribution >= 4 is 23.2 Å². The highest BCUT2D eigenvalue weighted by Crippen LogP contribution is 2.16. The molecule has 7 heteroatoms. The summed E-state index contributed by atoms with van der Waals surface area (Å²) in [6.07, 6.45) is 0. The van der Waals surface area contributed by atoms with Gasteiger partial charge in [-0.05, 0) is 42.8 Å². The molecule has 6 nitrogen and oxygen atoms in total. The molecule has 0 aliphatic rings. The summed E-state index contributed by atoms with van der Waals surface area (Å²) in [7, 11) is 0. The van der Waals surface area contributed by atoms with Gasteiger partial charge in [0.1, 0.15) is 18.5 Å². The predicted octanol–water partition coefficient (Wildman–Crippen LogP) is 1.87. The first-order chi connectivity index (χ1) is 12.0. The monoisotopic (exact) mass is 345 g/mol. The van der Waals surface area contributed by atoms with Crippen LogP contribution in [0.3, 0.4) is 0 Å². The molecule has 25 heavy (non-hydrogen) atoms. The highest BCUT2D eigenvalue weighted by Gasteiger charge is 2.12. The van der Waals surface area contributed by atoms with Gasteiger partial charge in [0.25, 0.3) is 0 Å². The van der Waals surface area contributed by atoms with Crippen molar-refractivity contribution in [3.8, 4) is 0 Å². The van der Waals surface area contributed by atoms with E-state index in [9.17, 15) is 14.0 Å². The van der Waals surface area contributed by atoms with Gasteiger partial charge in [0.15, 0.2) is 0 Å². The van der Waals surface area contributed by atoms with Crippen molar-refractivity contribution in [2.24, 2.45) is 0 Å². The van der Waals surface area contributed by atoms with E-state index >= 15 is 0 Å². The van der Waals surface area contributed by atoms with Crippen LogP contribution in [0, 0.1) is 5.82 Å². The van der Waals surface area contributed by atoms with Crippen LogP contribution in [0.5, 0.6) is 0 Å². The number of benzene rings is 2. The van der Waals surface area contributed by atoms with Crippen molar-refractivity contribution in [2.45, 2.75) is 19.5 Å². The summed E-state index contributed by atoms with van der Waals surface area (Å²) in [5.41, 5.74) is 1.97. The summed E-state index contributed by atoms with van der Waals surface area (Å²) in [5.74, 6) is -1.05. The molecule has 0 saturated heterocycles. The Labute approximate surface area is 145 Å². The van der Waals surface area contributed by atoms with Gasteiger partial charge in [-0.3, -0.25) is 9.59 Å². The molecule has 4 N–H and O–H groups in total. The van der Waals surface area contributed by atoms with Crippen LogP contribution in [-0.4, -0.2) is 29.6 Å². The number of hydrogen-bond acceptors (Lipinski definition) is 4. The summed E-state index contributed by atoms with van der Waals surface area (Å²) in [6, 6.07) is 12.2. The van der Waals surface area contributed by atoms with E-state index in [1.165, 1.54) is 12.1 Å². The number of amides is 2. The Morgan fingerprint density at radius 1 is 1.12 bits per heavy atom. The van der Waals surface area contributed by atoms with Gasteiger partial charge in [-0.25, -0.2) is 4.39 Å². The van der Waals surface area contributed by atoms with E-state index in [1.54, 1.807) is 43.3 Å². The lowest BCUT2D eigenvalue weighted by atomic mass is 10.2. The second-order valence-corrected chi connectivity index (χ2v) is 5.50. The number of halogens is 1. The Balaban J connectivity index is 1.88. The van der Waals surface area contributed by atoms with Crippen LogP contribution in [0.4, 0.5) is 15.8 Å². The van der Waals surface area contributed by atoms with Gasteiger partial charge in [-0.1, -0.05) is 18.2 Å². The van der Waals surface area contributed by atoms with Gasteiger partial charge in [0.05, 0.1) is 0 Å². The third-order valence-electron chi connectivity index (χ3n) is 3.45. The zero-order valence-electron chi connectivity index (χ0n) is 13.8. The van der Waals surface area contributed by atoms with Crippen LogP contribution in [0.15, 0.2) is 48.5 Å². The van der Waals surface area contributed by atoms with Crippen LogP contribution in [0.2, 0.25) is 0 Å². The van der Waals surface area contributed by atoms with Crippen LogP contribution in [0.1, 0.15) is 12.5 Å². The molecule has 0 fully saturated rings. The number of rotatable bonds is 7. The molecule has 0 bridgehead atoms. The zero-order valence-corrected chi connectivity index (χ0v) is 13.8. The Hall–Kier alpha value is -2.93. The lowest BCUT2D eigenvalue weighted by Gasteiger charge is -2.16. The lowest BCUT2D eigenvalue weighted by Crippen LogP contribution is -2.37. The van der Waals surface area contributed by atoms with Crippen LogP contribution in [-0.2, 0) is 16.1 Å². The maximum absolute atomic E-state index is 12.9. The van der Waals surface area contributed by atoms with Gasteiger partial charge in [-0.2, -0.15) is 0 Å². The molecule has 2 amide bonds. The predicted molar refractivity (Wildman–Crippen MR) is 93.5 cm³/mol. The standard InChI is InChI=1S/C18H20FN3O3/c1-12(18(25)20-10-13-5-7-14(19)8-6-13)21-15-3-2-4-16(9-15)22-17(24)11-23/h2-9,12,21,23H,10-11H2,1H3,(H,20,25)(H,22,24)/t12-/m1/s1. The highest BCUT2D eigenvalue weighted by atomic mass is 19.1. The van der Waals surface area contributed by atoms with E-state index in [0.29, 0.717) is 17.9 Å². The van der Waals surface area contributed by atoms with Gasteiger partial charge >= 0.3 is 0 Å². The normalized spacial score (nSPS) is 11.5. The maximum Gasteiger partial charge on any atom is 0.250 e. The average molecular weight is 345 g/mol. The molecule has 0 spiro atoms. The smallest absolute Gasteiger partial charge is 0.250 e. The summed E-state index contributed by atoms with van der Waals surface area (Å²) in [6.45, 7) is 1.41. The molecule has 1 atom stereocenters. The van der Waals surface area contributed by atoms with E-state index in [-0.39, 0.29) is 11.7 Å². The zero-order chi connectivity index (χ0) is 18.2. The third kappa shape index (κ3) is 5.89. The first kappa shape index (κ1) is 18.4. The minimum Gasteiger partial charge on any atom is -0.387 e. The molecule has 0 aromatic heterocycles. The number of carbonyl (C=O) groups excluding carboxylic acids is 2. The number of aliphatic hydroxyl groups excluding tert-OH is 1. The second kappa shape index (κ2) is 8.79. The minimum atomic E-state index is -0.597. The van der Waals surface area contributed by atoms with Gasteiger partial charge in [-0.15, -0.1) is 0 Å². The van der Waals surface area contributed by atoms with Gasteiger partial charge < -0.3 is 21.1 Å². The van der Waals surface area contributed by atoms with Crippen LogP contribution in [0.25, 0.3) is 0 Å². The number of hydrogen-bond donors (Lipinski definition) is 4. The maximum atomic E-state index is 12.9. The van der Waals surface area contributed by atoms with Crippen molar-refractivity contribution < 1.29 is 19.1 Å². The van der Waals surface area contributed by atoms with E-state index in [0.717, 1.165) is 5.56 Å². The summed E-state index contributed by atoms with van der Waals surface area (Å²) >= 11 is 0. The summed E-state index contributed by atoms with van der Waals surface area (Å²) < 4.78 is 12.9. The van der Waals surface area contributed by atoms with Gasteiger partial charge in [0, 0.05) is 17.9 Å². The van der Waals surface area contributed by atoms with Crippen molar-refractivity contribution in [2.75, 3.05) is 17.2 Å². The minimum absolute atomic E-state index is 0.214. The largest absolute Gasteiger partial charge is 0.387 e. The van der Waals surface area contributed by atoms with E-state index in [4.69, 9.17) is 5.11 Å². The average Bonchev–Trinajstić information content (AvgIpc) is 2.61. The first-order valence-corrected chi connectivity index (χ1v) is 7.77. The molecule has 2 aromatic carbocycles. The van der Waals surface area contributed by atoms with Crippen molar-refractivity contribution in [3.63, 3.8) is 0 Å². The molecular formula is C18H20FN3O3. The number of aliphatic hydroxyl groups is 1. The van der Waals surface area contributed by atoms with Crippen molar-refractivity contribution in [1.29, 1.82) is 0 Å². The molecule has 132 valence electrons. The van der Waals surface area contributed by atoms with E-state index < -0.39 is 18.6 Å². The fraction of sp³-hybridized carbons (Fsp3) is 0.222. The number of nitrogens with one attached hydrogen (secondary N) is 3. The lowest BCUT2D eigenvalue weighted by molar-refractivity contribution is -0.121. The highest BCUT2D eigenvalue weighted by molar-refractivity contribution is 5.92. The Kier molecular flexibility index (Phi) is 6.47. The fourth-order valence-electron chi connectivity index (χ4n) is 2.15. The molecule has 0 saturated carbocycles. The Morgan fingerprint density at radius 2 is 1.80 bits per heavy atom. The molecule has 0 radical (unpaired) electrons. The molecule has 0 unspecified atom stereocenters. The third-order valence-corrected chi connectivity index (χ3v) is 3.45. The molecule has 0 heterocycles. The summed E-state index contributed by atoms with van der Waals surface area (Å²) in [4.78, 5) is 23.3. The van der Waals surface area contributed by atoms with Crippen LogP contribution >= 0.6 is 0 Å². The molecular weight excluding hydrogens is 325 g/mol. The number of carbonyl (C=O) groups is 2. The topological polar surface area (TPSA) is 90.5 Å². The molecule has 0 aliphatic heterocycles. The Bertz CT molecular complexity index is 735. The van der Waals surface area contributed by atoms with Crippen LogP contribution < -0.4 is 16.0 Å². The van der Waals surface area contributed by atoms with E-state index in [2.05, 4.69) is 16.0 Å². The second-order valence-electron chi connectivity index (χ2n) is 5.50. The van der Waals surface area contributed by atoms with Crippen molar-refractivity contribution in [1.82, 2.24) is 5.32 Å². The number of anilines is 2. The molecule has 0 aliphatic carbocycles. The van der Waals surface area contributed by atoms with Crippen molar-refractivity contribution in [3.05, 3.63) is 59.9 Å². The Morgan fingerprint density at radius 3 is 2.48 bits per heavy atom. The quantitative estimate of drug-likeness (QED) is 0.617. The van der Waals surface area contributed by atoms with E-state index in [1.807, 2.05) is 0 Å². The van der Waals surface area contributed by atoms with Gasteiger partial charge in [0.2, 0.25) is 11.8 Å². The molecule has 2 rings (SSSR count). The first-order valence-electron chi connectivity index (χ1n) is 7.77.